The van der Waals surface area contributed by atoms with Gasteiger partial charge >= 0.3 is 0 Å². The molecular formula is C88H78. The van der Waals surface area contributed by atoms with Crippen LogP contribution in [0.3, 0.4) is 0 Å². The molecule has 13 aromatic rings. The quantitative estimate of drug-likeness (QED) is 0.156. The van der Waals surface area contributed by atoms with E-state index in [1.54, 1.807) is 0 Å². The summed E-state index contributed by atoms with van der Waals surface area (Å²) in [5.74, 6) is 0. The van der Waals surface area contributed by atoms with Gasteiger partial charge < -0.3 is 0 Å². The Kier molecular flexibility index (Phi) is 12.4. The van der Waals surface area contributed by atoms with E-state index < -0.39 is 10.8 Å². The summed E-state index contributed by atoms with van der Waals surface area (Å²) in [7, 11) is 0. The lowest BCUT2D eigenvalue weighted by atomic mass is 9.59. The summed E-state index contributed by atoms with van der Waals surface area (Å²) >= 11 is 0. The molecule has 0 saturated heterocycles. The van der Waals surface area contributed by atoms with Crippen molar-refractivity contribution in [2.45, 2.75) is 116 Å². The van der Waals surface area contributed by atoms with E-state index in [1.165, 1.54) is 154 Å². The number of benzene rings is 13. The molecule has 0 amide bonds. The van der Waals surface area contributed by atoms with Gasteiger partial charge in [-0.25, -0.2) is 0 Å². The minimum Gasteiger partial charge on any atom is -0.0616 e. The zero-order valence-corrected chi connectivity index (χ0v) is 53.2. The second-order valence-electron chi connectivity index (χ2n) is 29.6. The van der Waals surface area contributed by atoms with Crippen LogP contribution in [-0.2, 0) is 32.5 Å². The Morgan fingerprint density at radius 3 is 0.773 bits per heavy atom. The van der Waals surface area contributed by atoms with Gasteiger partial charge in [0.1, 0.15) is 0 Å². The summed E-state index contributed by atoms with van der Waals surface area (Å²) in [4.78, 5) is 0. The Labute approximate surface area is 521 Å². The zero-order chi connectivity index (χ0) is 60.9. The molecule has 0 fully saturated rings. The predicted molar refractivity (Wildman–Crippen MR) is 377 cm³/mol. The first-order valence-corrected chi connectivity index (χ1v) is 31.9. The molecule has 0 heteroatoms. The van der Waals surface area contributed by atoms with Crippen molar-refractivity contribution in [1.82, 2.24) is 0 Å². The van der Waals surface area contributed by atoms with E-state index in [0.29, 0.717) is 0 Å². The van der Waals surface area contributed by atoms with Crippen LogP contribution in [0.15, 0.2) is 255 Å². The molecule has 0 unspecified atom stereocenters. The highest BCUT2D eigenvalue weighted by molar-refractivity contribution is 6.17. The molecule has 2 aliphatic rings. The van der Waals surface area contributed by atoms with Crippen molar-refractivity contribution in [3.8, 4) is 44.5 Å². The van der Waals surface area contributed by atoms with Gasteiger partial charge in [0.2, 0.25) is 0 Å². The van der Waals surface area contributed by atoms with Crippen LogP contribution >= 0.6 is 0 Å². The smallest absolute Gasteiger partial charge is 0.0616 e. The summed E-state index contributed by atoms with van der Waals surface area (Å²) in [6.45, 7) is 28.1. The van der Waals surface area contributed by atoms with E-state index in [2.05, 4.69) is 338 Å². The van der Waals surface area contributed by atoms with Gasteiger partial charge in [0.15, 0.2) is 0 Å². The minimum atomic E-state index is -0.857. The highest BCUT2D eigenvalue weighted by Crippen LogP contribution is 2.68. The molecule has 0 nitrogen and oxygen atoms in total. The lowest BCUT2D eigenvalue weighted by molar-refractivity contribution is 0.587. The van der Waals surface area contributed by atoms with Crippen molar-refractivity contribution in [3.05, 3.63) is 322 Å². The molecule has 0 heterocycles. The molecule has 2 aliphatic carbocycles. The van der Waals surface area contributed by atoms with E-state index in [4.69, 9.17) is 0 Å². The molecule has 0 atom stereocenters. The van der Waals surface area contributed by atoms with Crippen molar-refractivity contribution in [3.63, 3.8) is 0 Å². The van der Waals surface area contributed by atoms with E-state index in [-0.39, 0.29) is 21.7 Å². The van der Waals surface area contributed by atoms with Gasteiger partial charge in [-0.1, -0.05) is 326 Å². The second-order valence-corrected chi connectivity index (χ2v) is 29.6. The number of rotatable bonds is 6. The van der Waals surface area contributed by atoms with E-state index >= 15 is 0 Å². The van der Waals surface area contributed by atoms with E-state index in [0.717, 1.165) is 0 Å². The van der Waals surface area contributed by atoms with Gasteiger partial charge in [0, 0.05) is 0 Å². The number of hydrogen-bond acceptors (Lipinski definition) is 0. The lowest BCUT2D eigenvalue weighted by Gasteiger charge is -2.41. The fourth-order valence-corrected chi connectivity index (χ4v) is 15.8. The molecule has 88 heavy (non-hydrogen) atoms. The molecule has 430 valence electrons. The maximum absolute atomic E-state index is 2.65. The molecule has 0 saturated carbocycles. The van der Waals surface area contributed by atoms with Gasteiger partial charge in [-0.05, 0) is 188 Å². The Morgan fingerprint density at radius 1 is 0.216 bits per heavy atom. The first-order valence-electron chi connectivity index (χ1n) is 31.9. The third-order valence-electron chi connectivity index (χ3n) is 20.3. The number of fused-ring (bicyclic) bond motifs is 13. The molecule has 0 aromatic heterocycles. The lowest BCUT2D eigenvalue weighted by Crippen LogP contribution is -2.36. The van der Waals surface area contributed by atoms with Crippen molar-refractivity contribution >= 4 is 43.1 Å². The Morgan fingerprint density at radius 2 is 0.477 bits per heavy atom. The summed E-state index contributed by atoms with van der Waals surface area (Å²) in [5.41, 5.74) is 23.7. The third kappa shape index (κ3) is 8.24. The molecule has 0 bridgehead atoms. The molecule has 0 radical (unpaired) electrons. The summed E-state index contributed by atoms with van der Waals surface area (Å²) in [5, 5.41) is 10.0. The standard InChI is InChI=1S/C88H78/c1-83(2,3)57-35-43-61(44-36-57)87(62-45-37-58(38-46-62)84(4,5)6)77-53-75(67-33-21-25-55-23-13-15-27-65(55)67)69-29-17-19-31-71(69)79(77)73-51-52-74-80-72-32-20-18-30-70(72)76(68-34-22-26-56-24-14-16-28-66(56)68)54-78(80)88(82(74)81(73)87,63-47-39-59(40-48-63)85(7,8)9)64-49-41-60(42-50-64)86(10,11)12/h13-54H,1-12H3. The maximum atomic E-state index is 2.65. The average molecular weight is 1140 g/mol. The van der Waals surface area contributed by atoms with Gasteiger partial charge in [-0.3, -0.25) is 0 Å². The average Bonchev–Trinajstić information content (AvgIpc) is 1.48. The summed E-state index contributed by atoms with van der Waals surface area (Å²) in [6.07, 6.45) is 0. The first kappa shape index (κ1) is 55.5. The fourth-order valence-electron chi connectivity index (χ4n) is 15.8. The minimum absolute atomic E-state index is 0.0669. The topological polar surface area (TPSA) is 0 Å². The summed E-state index contributed by atoms with van der Waals surface area (Å²) in [6, 6.07) is 100. The van der Waals surface area contributed by atoms with Crippen molar-refractivity contribution in [2.24, 2.45) is 0 Å². The maximum Gasteiger partial charge on any atom is 0.0717 e. The van der Waals surface area contributed by atoms with Crippen molar-refractivity contribution in [1.29, 1.82) is 0 Å². The highest BCUT2D eigenvalue weighted by atomic mass is 14.6. The monoisotopic (exact) mass is 1130 g/mol. The van der Waals surface area contributed by atoms with Crippen molar-refractivity contribution in [2.75, 3.05) is 0 Å². The Balaban J connectivity index is 1.20. The van der Waals surface area contributed by atoms with Crippen LogP contribution in [-0.4, -0.2) is 0 Å². The normalized spacial score (nSPS) is 14.3. The van der Waals surface area contributed by atoms with Gasteiger partial charge in [-0.2, -0.15) is 0 Å². The molecular weight excluding hydrogens is 1060 g/mol. The second kappa shape index (κ2) is 19.7. The van der Waals surface area contributed by atoms with Gasteiger partial charge in [-0.15, -0.1) is 0 Å². The van der Waals surface area contributed by atoms with Crippen LogP contribution in [0.4, 0.5) is 0 Å². The zero-order valence-electron chi connectivity index (χ0n) is 53.2. The molecule has 0 spiro atoms. The molecule has 13 aromatic carbocycles. The molecule has 15 rings (SSSR count). The Bertz CT molecular complexity index is 4500. The van der Waals surface area contributed by atoms with Gasteiger partial charge in [0.05, 0.1) is 10.8 Å². The van der Waals surface area contributed by atoms with Gasteiger partial charge in [0.25, 0.3) is 0 Å². The SMILES string of the molecule is CC(C)(C)c1ccc(C2(c3ccc(C(C)(C)C)cc3)c3cc(-c4cccc5ccccc45)c4ccccc4c3-c3ccc4c(c32)C(c2ccc(C(C)(C)C)cc2)(c2ccc(C(C)(C)C)cc2)c2cc(-c3cccc5ccccc35)c3ccccc3c2-4)cc1. The number of hydrogen-bond donors (Lipinski definition) is 0. The van der Waals surface area contributed by atoms with Crippen LogP contribution in [0, 0.1) is 0 Å². The molecule has 0 N–H and O–H groups in total. The van der Waals surface area contributed by atoms with E-state index in [1.807, 2.05) is 0 Å². The Hall–Kier alpha value is -9.10. The molecule has 0 aliphatic heterocycles. The summed E-state index contributed by atoms with van der Waals surface area (Å²) < 4.78 is 0. The fraction of sp³-hybridized carbons (Fsp3) is 0.205. The largest absolute Gasteiger partial charge is 0.0717 e. The van der Waals surface area contributed by atoms with Crippen LogP contribution in [0.1, 0.15) is 150 Å². The van der Waals surface area contributed by atoms with Crippen LogP contribution in [0.2, 0.25) is 0 Å². The van der Waals surface area contributed by atoms with Crippen LogP contribution in [0.25, 0.3) is 87.6 Å². The van der Waals surface area contributed by atoms with Crippen LogP contribution < -0.4 is 0 Å². The van der Waals surface area contributed by atoms with E-state index in [9.17, 15) is 0 Å². The third-order valence-corrected chi connectivity index (χ3v) is 20.3. The highest BCUT2D eigenvalue weighted by Gasteiger charge is 2.57. The van der Waals surface area contributed by atoms with Crippen LogP contribution in [0.5, 0.6) is 0 Å². The predicted octanol–water partition coefficient (Wildman–Crippen LogP) is 23.5. The van der Waals surface area contributed by atoms with Crippen molar-refractivity contribution < 1.29 is 0 Å². The first-order chi connectivity index (χ1) is 42.2.